The summed E-state index contributed by atoms with van der Waals surface area (Å²) in [5.74, 6) is 0. The van der Waals surface area contributed by atoms with Crippen molar-refractivity contribution in [2.75, 3.05) is 0 Å². The first-order chi connectivity index (χ1) is 10.4. The van der Waals surface area contributed by atoms with Crippen molar-refractivity contribution >= 4 is 18.2 Å². The van der Waals surface area contributed by atoms with Crippen molar-refractivity contribution in [3.8, 4) is 0 Å². The first kappa shape index (κ1) is 13.3. The van der Waals surface area contributed by atoms with Gasteiger partial charge in [0.25, 0.3) is 0 Å². The normalized spacial score (nSPS) is 18.0. The Morgan fingerprint density at radius 3 is 2.29 bits per heavy atom. The quantitative estimate of drug-likeness (QED) is 0.784. The molecule has 0 fully saturated rings. The Balaban J connectivity index is 1.77. The fourth-order valence-corrected chi connectivity index (χ4v) is 2.45. The molecule has 1 heterocycles. The van der Waals surface area contributed by atoms with Crippen LogP contribution in [0.15, 0.2) is 71.8 Å². The summed E-state index contributed by atoms with van der Waals surface area (Å²) in [6.07, 6.45) is 5.54. The molecule has 1 aliphatic rings. The van der Waals surface area contributed by atoms with Crippen molar-refractivity contribution in [3.63, 3.8) is 0 Å². The van der Waals surface area contributed by atoms with E-state index in [-0.39, 0.29) is 6.04 Å². The Hall–Kier alpha value is -2.68. The van der Waals surface area contributed by atoms with Gasteiger partial charge in [-0.2, -0.15) is 5.10 Å². The maximum Gasteiger partial charge on any atom is 0.230 e. The van der Waals surface area contributed by atoms with E-state index < -0.39 is 0 Å². The van der Waals surface area contributed by atoms with Crippen molar-refractivity contribution in [1.82, 2.24) is 5.01 Å². The SMILES string of the molecule is O=CN1N=C(/C=C/c2ccccc2)C[C@@H]1c1ccccc1. The van der Waals surface area contributed by atoms with E-state index in [9.17, 15) is 4.79 Å². The average molecular weight is 276 g/mol. The number of hydrogen-bond acceptors (Lipinski definition) is 2. The van der Waals surface area contributed by atoms with Crippen molar-refractivity contribution < 1.29 is 4.79 Å². The molecule has 3 nitrogen and oxygen atoms in total. The van der Waals surface area contributed by atoms with Gasteiger partial charge in [-0.25, -0.2) is 5.01 Å². The molecule has 0 N–H and O–H groups in total. The third kappa shape index (κ3) is 3.08. The number of benzene rings is 2. The summed E-state index contributed by atoms with van der Waals surface area (Å²) in [6, 6.07) is 20.1. The molecule has 3 heteroatoms. The molecule has 1 atom stereocenters. The van der Waals surface area contributed by atoms with Gasteiger partial charge in [-0.3, -0.25) is 4.79 Å². The molecule has 0 aromatic heterocycles. The van der Waals surface area contributed by atoms with E-state index in [4.69, 9.17) is 0 Å². The molecular weight excluding hydrogens is 260 g/mol. The minimum atomic E-state index is -0.000812. The van der Waals surface area contributed by atoms with Crippen LogP contribution in [0.2, 0.25) is 0 Å². The average Bonchev–Trinajstić information content (AvgIpc) is 2.98. The summed E-state index contributed by atoms with van der Waals surface area (Å²) in [5.41, 5.74) is 3.15. The number of carbonyl (C=O) groups excluding carboxylic acids is 1. The van der Waals surface area contributed by atoms with E-state index in [0.29, 0.717) is 0 Å². The molecule has 0 bridgehead atoms. The van der Waals surface area contributed by atoms with Crippen LogP contribution in [0.3, 0.4) is 0 Å². The van der Waals surface area contributed by atoms with Crippen molar-refractivity contribution in [1.29, 1.82) is 0 Å². The van der Waals surface area contributed by atoms with Gasteiger partial charge in [0.15, 0.2) is 0 Å². The third-order valence-corrected chi connectivity index (χ3v) is 3.53. The number of hydrogen-bond donors (Lipinski definition) is 0. The van der Waals surface area contributed by atoms with Crippen LogP contribution in [0.1, 0.15) is 23.6 Å². The van der Waals surface area contributed by atoms with Gasteiger partial charge in [0.2, 0.25) is 6.41 Å². The molecular formula is C18H16N2O. The molecule has 0 aliphatic carbocycles. The highest BCUT2D eigenvalue weighted by molar-refractivity contribution is 6.00. The molecule has 0 saturated carbocycles. The van der Waals surface area contributed by atoms with E-state index >= 15 is 0 Å². The van der Waals surface area contributed by atoms with Crippen LogP contribution < -0.4 is 0 Å². The van der Waals surface area contributed by atoms with Crippen molar-refractivity contribution in [2.24, 2.45) is 5.10 Å². The summed E-state index contributed by atoms with van der Waals surface area (Å²) in [5, 5.41) is 5.87. The minimum Gasteiger partial charge on any atom is -0.277 e. The van der Waals surface area contributed by atoms with Crippen LogP contribution in [0, 0.1) is 0 Å². The van der Waals surface area contributed by atoms with Crippen molar-refractivity contribution in [3.05, 3.63) is 77.9 Å². The predicted molar refractivity (Wildman–Crippen MR) is 84.6 cm³/mol. The molecule has 2 aromatic rings. The van der Waals surface area contributed by atoms with Crippen LogP contribution in [-0.2, 0) is 4.79 Å². The van der Waals surface area contributed by atoms with Gasteiger partial charge in [0, 0.05) is 6.42 Å². The highest BCUT2D eigenvalue weighted by Gasteiger charge is 2.26. The van der Waals surface area contributed by atoms with Gasteiger partial charge < -0.3 is 0 Å². The second-order valence-corrected chi connectivity index (χ2v) is 4.95. The Bertz CT molecular complexity index is 662. The maximum atomic E-state index is 11.2. The zero-order chi connectivity index (χ0) is 14.5. The summed E-state index contributed by atoms with van der Waals surface area (Å²) in [7, 11) is 0. The molecule has 3 rings (SSSR count). The van der Waals surface area contributed by atoms with E-state index in [1.54, 1.807) is 0 Å². The number of carbonyl (C=O) groups is 1. The lowest BCUT2D eigenvalue weighted by Crippen LogP contribution is -2.17. The second-order valence-electron chi connectivity index (χ2n) is 4.95. The highest BCUT2D eigenvalue weighted by Crippen LogP contribution is 2.29. The van der Waals surface area contributed by atoms with Gasteiger partial charge in [0.1, 0.15) is 0 Å². The molecule has 21 heavy (non-hydrogen) atoms. The molecule has 2 aromatic carbocycles. The van der Waals surface area contributed by atoms with E-state index in [1.807, 2.05) is 72.8 Å². The van der Waals surface area contributed by atoms with Crippen LogP contribution in [-0.4, -0.2) is 17.1 Å². The van der Waals surface area contributed by atoms with Gasteiger partial charge >= 0.3 is 0 Å². The summed E-state index contributed by atoms with van der Waals surface area (Å²) >= 11 is 0. The Morgan fingerprint density at radius 1 is 0.952 bits per heavy atom. The number of rotatable bonds is 4. The zero-order valence-corrected chi connectivity index (χ0v) is 11.6. The molecule has 104 valence electrons. The fourth-order valence-electron chi connectivity index (χ4n) is 2.45. The first-order valence-corrected chi connectivity index (χ1v) is 6.96. The molecule has 1 aliphatic heterocycles. The zero-order valence-electron chi connectivity index (χ0n) is 11.6. The smallest absolute Gasteiger partial charge is 0.230 e. The molecule has 0 radical (unpaired) electrons. The molecule has 1 amide bonds. The Kier molecular flexibility index (Phi) is 3.92. The number of hydrazone groups is 1. The second kappa shape index (κ2) is 6.18. The molecule has 0 saturated heterocycles. The van der Waals surface area contributed by atoms with E-state index in [1.165, 1.54) is 5.01 Å². The highest BCUT2D eigenvalue weighted by atomic mass is 16.1. The van der Waals surface area contributed by atoms with Crippen LogP contribution >= 0.6 is 0 Å². The largest absolute Gasteiger partial charge is 0.277 e. The summed E-state index contributed by atoms with van der Waals surface area (Å²) in [6.45, 7) is 0. The summed E-state index contributed by atoms with van der Waals surface area (Å²) < 4.78 is 0. The van der Waals surface area contributed by atoms with Crippen LogP contribution in [0.5, 0.6) is 0 Å². The van der Waals surface area contributed by atoms with Gasteiger partial charge in [0.05, 0.1) is 11.8 Å². The molecule has 0 unspecified atom stereocenters. The number of amides is 1. The standard InChI is InChI=1S/C18H16N2O/c21-14-20-18(16-9-5-2-6-10-16)13-17(19-20)12-11-15-7-3-1-4-8-15/h1-12,14,18H,13H2/b12-11+/t18-/m1/s1. The lowest BCUT2D eigenvalue weighted by atomic mass is 10.0. The minimum absolute atomic E-state index is 0.000812. The third-order valence-electron chi connectivity index (χ3n) is 3.53. The summed E-state index contributed by atoms with van der Waals surface area (Å²) in [4.78, 5) is 11.2. The first-order valence-electron chi connectivity index (χ1n) is 6.96. The van der Waals surface area contributed by atoms with Crippen LogP contribution in [0.4, 0.5) is 0 Å². The van der Waals surface area contributed by atoms with E-state index in [2.05, 4.69) is 5.10 Å². The number of nitrogens with zero attached hydrogens (tertiary/aromatic N) is 2. The van der Waals surface area contributed by atoms with Gasteiger partial charge in [-0.1, -0.05) is 66.7 Å². The van der Waals surface area contributed by atoms with Crippen molar-refractivity contribution in [2.45, 2.75) is 12.5 Å². The predicted octanol–water partition coefficient (Wildman–Crippen LogP) is 3.66. The van der Waals surface area contributed by atoms with E-state index in [0.717, 1.165) is 29.7 Å². The Labute approximate surface area is 124 Å². The fraction of sp³-hybridized carbons (Fsp3) is 0.111. The Morgan fingerprint density at radius 2 is 1.62 bits per heavy atom. The molecule has 0 spiro atoms. The number of allylic oxidation sites excluding steroid dienone is 1. The van der Waals surface area contributed by atoms with Crippen LogP contribution in [0.25, 0.3) is 6.08 Å². The lowest BCUT2D eigenvalue weighted by Gasteiger charge is -2.16. The topological polar surface area (TPSA) is 32.7 Å². The lowest BCUT2D eigenvalue weighted by molar-refractivity contribution is -0.119. The van der Waals surface area contributed by atoms with Gasteiger partial charge in [-0.05, 0) is 17.2 Å². The van der Waals surface area contributed by atoms with Gasteiger partial charge in [-0.15, -0.1) is 0 Å². The maximum absolute atomic E-state index is 11.2. The monoisotopic (exact) mass is 276 g/mol.